The minimum absolute atomic E-state index is 0.373. The molecule has 0 aromatic heterocycles. The van der Waals surface area contributed by atoms with Gasteiger partial charge in [0.1, 0.15) is 0 Å². The summed E-state index contributed by atoms with van der Waals surface area (Å²) in [4.78, 5) is 14.3. The maximum atomic E-state index is 12.2. The molecule has 2 fully saturated rings. The molecule has 2 aliphatic rings. The first-order valence-corrected chi connectivity index (χ1v) is 7.80. The van der Waals surface area contributed by atoms with Crippen LogP contribution in [-0.2, 0) is 4.79 Å². The molecule has 1 amide bonds. The van der Waals surface area contributed by atoms with Crippen molar-refractivity contribution >= 4 is 5.91 Å². The van der Waals surface area contributed by atoms with Crippen molar-refractivity contribution in [2.24, 2.45) is 5.92 Å². The third-order valence-corrected chi connectivity index (χ3v) is 4.58. The van der Waals surface area contributed by atoms with E-state index in [1.807, 2.05) is 0 Å². The minimum atomic E-state index is 0.373. The van der Waals surface area contributed by atoms with E-state index in [0.29, 0.717) is 11.9 Å². The van der Waals surface area contributed by atoms with Crippen molar-refractivity contribution in [3.8, 4) is 0 Å². The first-order valence-electron chi connectivity index (χ1n) is 7.80. The van der Waals surface area contributed by atoms with Gasteiger partial charge >= 0.3 is 0 Å². The molecule has 0 aromatic rings. The lowest BCUT2D eigenvalue weighted by Crippen LogP contribution is -2.41. The van der Waals surface area contributed by atoms with E-state index >= 15 is 0 Å². The third kappa shape index (κ3) is 3.98. The molecule has 1 heterocycles. The van der Waals surface area contributed by atoms with Gasteiger partial charge in [0.15, 0.2) is 0 Å². The van der Waals surface area contributed by atoms with Gasteiger partial charge in [-0.25, -0.2) is 0 Å². The summed E-state index contributed by atoms with van der Waals surface area (Å²) in [6, 6.07) is 0.542. The predicted molar refractivity (Wildman–Crippen MR) is 74.5 cm³/mol. The van der Waals surface area contributed by atoms with E-state index in [0.717, 1.165) is 38.4 Å². The zero-order valence-electron chi connectivity index (χ0n) is 11.8. The molecule has 1 saturated carbocycles. The Kier molecular flexibility index (Phi) is 5.48. The molecule has 1 N–H and O–H groups in total. The molecule has 2 rings (SSSR count). The van der Waals surface area contributed by atoms with Gasteiger partial charge in [0.25, 0.3) is 0 Å². The number of carbonyl (C=O) groups excluding carboxylic acids is 1. The van der Waals surface area contributed by atoms with E-state index in [4.69, 9.17) is 0 Å². The quantitative estimate of drug-likeness (QED) is 0.788. The first kappa shape index (κ1) is 13.9. The molecule has 0 bridgehead atoms. The molecule has 18 heavy (non-hydrogen) atoms. The van der Waals surface area contributed by atoms with Crippen molar-refractivity contribution in [2.45, 2.75) is 64.3 Å². The average Bonchev–Trinajstić information content (AvgIpc) is 3.06. The van der Waals surface area contributed by atoms with E-state index in [2.05, 4.69) is 17.1 Å². The van der Waals surface area contributed by atoms with Gasteiger partial charge in [-0.15, -0.1) is 0 Å². The fraction of sp³-hybridized carbons (Fsp3) is 0.933. The van der Waals surface area contributed by atoms with Crippen molar-refractivity contribution in [2.75, 3.05) is 19.6 Å². The SMILES string of the molecule is CCN(CC1CCCN1)C(=O)CCC1CCCC1. The van der Waals surface area contributed by atoms with Crippen LogP contribution >= 0.6 is 0 Å². The standard InChI is InChI=1S/C15H28N2O/c1-2-17(12-14-8-5-11-16-14)15(18)10-9-13-6-3-4-7-13/h13-14,16H,2-12H2,1H3. The Bertz CT molecular complexity index is 255. The van der Waals surface area contributed by atoms with E-state index in [-0.39, 0.29) is 0 Å². The number of nitrogens with zero attached hydrogens (tertiary/aromatic N) is 1. The Morgan fingerprint density at radius 1 is 1.22 bits per heavy atom. The monoisotopic (exact) mass is 252 g/mol. The summed E-state index contributed by atoms with van der Waals surface area (Å²) in [5.41, 5.74) is 0. The normalized spacial score (nSPS) is 24.6. The van der Waals surface area contributed by atoms with Crippen LogP contribution in [0, 0.1) is 5.92 Å². The number of likely N-dealkylation sites (N-methyl/N-ethyl adjacent to an activating group) is 1. The van der Waals surface area contributed by atoms with Gasteiger partial charge in [-0.1, -0.05) is 25.7 Å². The highest BCUT2D eigenvalue weighted by Crippen LogP contribution is 2.28. The smallest absolute Gasteiger partial charge is 0.222 e. The highest BCUT2D eigenvalue weighted by molar-refractivity contribution is 5.76. The van der Waals surface area contributed by atoms with E-state index in [9.17, 15) is 4.79 Å². The first-order chi connectivity index (χ1) is 8.79. The van der Waals surface area contributed by atoms with Crippen LogP contribution in [0.15, 0.2) is 0 Å². The minimum Gasteiger partial charge on any atom is -0.341 e. The van der Waals surface area contributed by atoms with Gasteiger partial charge in [0, 0.05) is 25.6 Å². The van der Waals surface area contributed by atoms with Crippen LogP contribution in [0.25, 0.3) is 0 Å². The van der Waals surface area contributed by atoms with Crippen LogP contribution in [0.3, 0.4) is 0 Å². The fourth-order valence-electron chi connectivity index (χ4n) is 3.37. The van der Waals surface area contributed by atoms with Crippen molar-refractivity contribution in [1.29, 1.82) is 0 Å². The van der Waals surface area contributed by atoms with Crippen molar-refractivity contribution in [3.05, 3.63) is 0 Å². The van der Waals surface area contributed by atoms with Crippen molar-refractivity contribution < 1.29 is 4.79 Å². The maximum absolute atomic E-state index is 12.2. The molecule has 3 nitrogen and oxygen atoms in total. The largest absolute Gasteiger partial charge is 0.341 e. The topological polar surface area (TPSA) is 32.3 Å². The second kappa shape index (κ2) is 7.13. The Morgan fingerprint density at radius 3 is 2.61 bits per heavy atom. The lowest BCUT2D eigenvalue weighted by molar-refractivity contribution is -0.131. The number of rotatable bonds is 6. The third-order valence-electron chi connectivity index (χ3n) is 4.58. The molecule has 1 atom stereocenters. The summed E-state index contributed by atoms with van der Waals surface area (Å²) in [6.07, 6.45) is 9.83. The Hall–Kier alpha value is -0.570. The van der Waals surface area contributed by atoms with Gasteiger partial charge in [-0.3, -0.25) is 4.79 Å². The lowest BCUT2D eigenvalue weighted by Gasteiger charge is -2.25. The number of amides is 1. The summed E-state index contributed by atoms with van der Waals surface area (Å²) < 4.78 is 0. The van der Waals surface area contributed by atoms with Gasteiger partial charge in [-0.05, 0) is 38.6 Å². The van der Waals surface area contributed by atoms with E-state index in [1.165, 1.54) is 38.5 Å². The number of hydrogen-bond donors (Lipinski definition) is 1. The Morgan fingerprint density at radius 2 is 2.00 bits per heavy atom. The van der Waals surface area contributed by atoms with Gasteiger partial charge in [-0.2, -0.15) is 0 Å². The van der Waals surface area contributed by atoms with Crippen molar-refractivity contribution in [1.82, 2.24) is 10.2 Å². The number of nitrogens with one attached hydrogen (secondary N) is 1. The summed E-state index contributed by atoms with van der Waals surface area (Å²) in [5, 5.41) is 3.48. The van der Waals surface area contributed by atoms with Gasteiger partial charge in [0.05, 0.1) is 0 Å². The molecule has 0 aromatic carbocycles. The molecular formula is C15H28N2O. The molecule has 104 valence electrons. The van der Waals surface area contributed by atoms with E-state index in [1.54, 1.807) is 0 Å². The summed E-state index contributed by atoms with van der Waals surface area (Å²) >= 11 is 0. The molecule has 1 aliphatic heterocycles. The molecule has 1 unspecified atom stereocenters. The zero-order valence-corrected chi connectivity index (χ0v) is 11.8. The Balaban J connectivity index is 1.70. The van der Waals surface area contributed by atoms with Crippen LogP contribution in [0.2, 0.25) is 0 Å². The highest BCUT2D eigenvalue weighted by Gasteiger charge is 2.22. The van der Waals surface area contributed by atoms with Crippen LogP contribution in [0.1, 0.15) is 58.3 Å². The van der Waals surface area contributed by atoms with Gasteiger partial charge in [0.2, 0.25) is 5.91 Å². The fourth-order valence-corrected chi connectivity index (χ4v) is 3.37. The molecule has 0 radical (unpaired) electrons. The van der Waals surface area contributed by atoms with Crippen molar-refractivity contribution in [3.63, 3.8) is 0 Å². The predicted octanol–water partition coefficient (Wildman–Crippen LogP) is 2.56. The Labute approximate surface area is 111 Å². The average molecular weight is 252 g/mol. The number of hydrogen-bond acceptors (Lipinski definition) is 2. The molecular weight excluding hydrogens is 224 g/mol. The maximum Gasteiger partial charge on any atom is 0.222 e. The molecule has 3 heteroatoms. The molecule has 1 saturated heterocycles. The molecule has 1 aliphatic carbocycles. The highest BCUT2D eigenvalue weighted by atomic mass is 16.2. The number of carbonyl (C=O) groups is 1. The summed E-state index contributed by atoms with van der Waals surface area (Å²) in [5.74, 6) is 1.20. The van der Waals surface area contributed by atoms with E-state index < -0.39 is 0 Å². The van der Waals surface area contributed by atoms with Crippen LogP contribution < -0.4 is 5.32 Å². The second-order valence-corrected chi connectivity index (χ2v) is 5.91. The zero-order chi connectivity index (χ0) is 12.8. The van der Waals surface area contributed by atoms with Crippen LogP contribution in [0.4, 0.5) is 0 Å². The second-order valence-electron chi connectivity index (χ2n) is 5.91. The summed E-state index contributed by atoms with van der Waals surface area (Å²) in [6.45, 7) is 5.00. The van der Waals surface area contributed by atoms with Crippen LogP contribution in [-0.4, -0.2) is 36.5 Å². The van der Waals surface area contributed by atoms with Gasteiger partial charge < -0.3 is 10.2 Å². The molecule has 0 spiro atoms. The van der Waals surface area contributed by atoms with Crippen LogP contribution in [0.5, 0.6) is 0 Å². The summed E-state index contributed by atoms with van der Waals surface area (Å²) in [7, 11) is 0. The lowest BCUT2D eigenvalue weighted by atomic mass is 10.0.